The molecule has 2 aromatic rings. The van der Waals surface area contributed by atoms with Gasteiger partial charge in [0.1, 0.15) is 10.7 Å². The SMILES string of the molecule is CC(Br)c1ccccc1NS(=O)(=O)c1cc(F)ccc1Cl. The number of para-hydroxylation sites is 1. The van der Waals surface area contributed by atoms with Gasteiger partial charge in [-0.1, -0.05) is 45.7 Å². The zero-order valence-electron chi connectivity index (χ0n) is 11.0. The van der Waals surface area contributed by atoms with E-state index in [0.29, 0.717) is 5.69 Å². The number of hydrogen-bond acceptors (Lipinski definition) is 2. The van der Waals surface area contributed by atoms with Gasteiger partial charge >= 0.3 is 0 Å². The molecule has 3 nitrogen and oxygen atoms in total. The largest absolute Gasteiger partial charge is 0.279 e. The van der Waals surface area contributed by atoms with Crippen LogP contribution in [-0.4, -0.2) is 8.42 Å². The lowest BCUT2D eigenvalue weighted by Crippen LogP contribution is -2.15. The lowest BCUT2D eigenvalue weighted by Gasteiger charge is -2.14. The second kappa shape index (κ2) is 6.34. The Labute approximate surface area is 136 Å². The first kappa shape index (κ1) is 16.3. The van der Waals surface area contributed by atoms with E-state index in [1.165, 1.54) is 6.07 Å². The maximum atomic E-state index is 13.3. The Bertz CT molecular complexity index is 765. The number of anilines is 1. The first-order valence-corrected chi connectivity index (χ1v) is 8.80. The molecule has 0 aromatic heterocycles. The Kier molecular flexibility index (Phi) is 4.91. The number of benzene rings is 2. The van der Waals surface area contributed by atoms with Crippen LogP contribution < -0.4 is 4.72 Å². The third-order valence-corrected chi connectivity index (χ3v) is 5.16. The van der Waals surface area contributed by atoms with Crippen molar-refractivity contribution < 1.29 is 12.8 Å². The van der Waals surface area contributed by atoms with Crippen molar-refractivity contribution in [1.29, 1.82) is 0 Å². The van der Waals surface area contributed by atoms with Crippen molar-refractivity contribution in [3.05, 3.63) is 58.9 Å². The molecular weight excluding hydrogens is 381 g/mol. The molecule has 0 aliphatic heterocycles. The topological polar surface area (TPSA) is 46.2 Å². The average molecular weight is 393 g/mol. The first-order valence-electron chi connectivity index (χ1n) is 6.02. The van der Waals surface area contributed by atoms with Crippen molar-refractivity contribution in [2.45, 2.75) is 16.6 Å². The summed E-state index contributed by atoms with van der Waals surface area (Å²) in [6.45, 7) is 1.88. The number of hydrogen-bond donors (Lipinski definition) is 1. The molecule has 1 N–H and O–H groups in total. The summed E-state index contributed by atoms with van der Waals surface area (Å²) in [6.07, 6.45) is 0. The Morgan fingerprint density at radius 2 is 1.90 bits per heavy atom. The first-order chi connectivity index (χ1) is 9.81. The maximum absolute atomic E-state index is 13.3. The number of nitrogens with one attached hydrogen (secondary N) is 1. The number of halogens is 3. The highest BCUT2D eigenvalue weighted by Gasteiger charge is 2.20. The van der Waals surface area contributed by atoms with Crippen molar-refractivity contribution in [3.8, 4) is 0 Å². The van der Waals surface area contributed by atoms with Crippen LogP contribution in [-0.2, 0) is 10.0 Å². The van der Waals surface area contributed by atoms with Crippen LogP contribution in [0.5, 0.6) is 0 Å². The van der Waals surface area contributed by atoms with E-state index in [1.54, 1.807) is 24.3 Å². The standard InChI is InChI=1S/C14H12BrClFNO2S/c1-9(15)11-4-2-3-5-13(11)18-21(19,20)14-8-10(17)6-7-12(14)16/h2-9,18H,1H3. The number of sulfonamides is 1. The summed E-state index contributed by atoms with van der Waals surface area (Å²) in [5.74, 6) is -0.665. The van der Waals surface area contributed by atoms with Gasteiger partial charge in [-0.3, -0.25) is 4.72 Å². The van der Waals surface area contributed by atoms with Crippen molar-refractivity contribution in [3.63, 3.8) is 0 Å². The number of rotatable bonds is 4. The molecule has 0 saturated heterocycles. The van der Waals surface area contributed by atoms with Crippen molar-refractivity contribution in [1.82, 2.24) is 0 Å². The summed E-state index contributed by atoms with van der Waals surface area (Å²) in [6, 6.07) is 10.2. The molecule has 112 valence electrons. The summed E-state index contributed by atoms with van der Waals surface area (Å²) in [4.78, 5) is -0.333. The predicted molar refractivity (Wildman–Crippen MR) is 86.0 cm³/mol. The van der Waals surface area contributed by atoms with Crippen LogP contribution in [0.15, 0.2) is 47.4 Å². The van der Waals surface area contributed by atoms with Gasteiger partial charge in [-0.25, -0.2) is 12.8 Å². The third kappa shape index (κ3) is 3.75. The molecule has 0 aliphatic carbocycles. The van der Waals surface area contributed by atoms with Crippen LogP contribution in [0, 0.1) is 5.82 Å². The summed E-state index contributed by atoms with van der Waals surface area (Å²) < 4.78 is 40.5. The molecule has 0 saturated carbocycles. The van der Waals surface area contributed by atoms with E-state index in [1.807, 2.05) is 6.92 Å². The molecule has 1 atom stereocenters. The lowest BCUT2D eigenvalue weighted by molar-refractivity contribution is 0.595. The monoisotopic (exact) mass is 391 g/mol. The molecule has 2 aromatic carbocycles. The zero-order chi connectivity index (χ0) is 15.6. The van der Waals surface area contributed by atoms with E-state index < -0.39 is 15.8 Å². The van der Waals surface area contributed by atoms with E-state index in [2.05, 4.69) is 20.7 Å². The fourth-order valence-corrected chi connectivity index (χ4v) is 3.82. The molecule has 21 heavy (non-hydrogen) atoms. The predicted octanol–water partition coefficient (Wildman–Crippen LogP) is 4.74. The Hall–Kier alpha value is -1.11. The minimum Gasteiger partial charge on any atom is -0.279 e. The summed E-state index contributed by atoms with van der Waals surface area (Å²) >= 11 is 9.26. The second-order valence-corrected chi connectivity index (χ2v) is 7.82. The molecule has 0 heterocycles. The van der Waals surface area contributed by atoms with E-state index in [4.69, 9.17) is 11.6 Å². The van der Waals surface area contributed by atoms with Crippen LogP contribution in [0.2, 0.25) is 5.02 Å². The molecule has 0 amide bonds. The Balaban J connectivity index is 2.45. The van der Waals surface area contributed by atoms with E-state index in [-0.39, 0.29) is 14.7 Å². The number of alkyl halides is 1. The summed E-state index contributed by atoms with van der Waals surface area (Å²) in [7, 11) is -3.97. The molecule has 1 unspecified atom stereocenters. The van der Waals surface area contributed by atoms with Crippen molar-refractivity contribution >= 4 is 43.2 Å². The van der Waals surface area contributed by atoms with Gasteiger partial charge < -0.3 is 0 Å². The van der Waals surface area contributed by atoms with Gasteiger partial charge in [0.25, 0.3) is 10.0 Å². The molecule has 0 aliphatic rings. The van der Waals surface area contributed by atoms with E-state index in [9.17, 15) is 12.8 Å². The van der Waals surface area contributed by atoms with Gasteiger partial charge in [0.2, 0.25) is 0 Å². The fourth-order valence-electron chi connectivity index (χ4n) is 1.82. The van der Waals surface area contributed by atoms with E-state index >= 15 is 0 Å². The Morgan fingerprint density at radius 1 is 1.24 bits per heavy atom. The Morgan fingerprint density at radius 3 is 2.57 bits per heavy atom. The van der Waals surface area contributed by atoms with Gasteiger partial charge in [-0.2, -0.15) is 0 Å². The van der Waals surface area contributed by atoms with Crippen LogP contribution in [0.25, 0.3) is 0 Å². The summed E-state index contributed by atoms with van der Waals surface area (Å²) in [5.41, 5.74) is 1.19. The molecule has 0 radical (unpaired) electrons. The summed E-state index contributed by atoms with van der Waals surface area (Å²) in [5, 5.41) is -0.0340. The molecule has 7 heteroatoms. The highest BCUT2D eigenvalue weighted by atomic mass is 79.9. The van der Waals surface area contributed by atoms with Gasteiger partial charge in [0.05, 0.1) is 10.7 Å². The van der Waals surface area contributed by atoms with Crippen LogP contribution in [0.1, 0.15) is 17.3 Å². The van der Waals surface area contributed by atoms with Gasteiger partial charge in [0.15, 0.2) is 0 Å². The maximum Gasteiger partial charge on any atom is 0.263 e. The smallest absolute Gasteiger partial charge is 0.263 e. The van der Waals surface area contributed by atoms with Gasteiger partial charge in [-0.15, -0.1) is 0 Å². The molecule has 0 fully saturated rings. The van der Waals surface area contributed by atoms with Gasteiger partial charge in [-0.05, 0) is 36.8 Å². The quantitative estimate of drug-likeness (QED) is 0.764. The third-order valence-electron chi connectivity index (χ3n) is 2.82. The molecule has 0 spiro atoms. The second-order valence-electron chi connectivity index (χ2n) is 4.38. The van der Waals surface area contributed by atoms with Crippen LogP contribution in [0.3, 0.4) is 0 Å². The van der Waals surface area contributed by atoms with E-state index in [0.717, 1.165) is 17.7 Å². The lowest BCUT2D eigenvalue weighted by atomic mass is 10.1. The molecule has 2 rings (SSSR count). The highest BCUT2D eigenvalue weighted by Crippen LogP contribution is 2.31. The van der Waals surface area contributed by atoms with Gasteiger partial charge in [0, 0.05) is 4.83 Å². The minimum atomic E-state index is -3.97. The highest BCUT2D eigenvalue weighted by molar-refractivity contribution is 9.09. The fraction of sp³-hybridized carbons (Fsp3) is 0.143. The zero-order valence-corrected chi connectivity index (χ0v) is 14.1. The van der Waals surface area contributed by atoms with Crippen LogP contribution in [0.4, 0.5) is 10.1 Å². The molecular formula is C14H12BrClFNO2S. The average Bonchev–Trinajstić information content (AvgIpc) is 2.41. The minimum absolute atomic E-state index is 0.0340. The normalized spacial score (nSPS) is 13.0. The van der Waals surface area contributed by atoms with Crippen LogP contribution >= 0.6 is 27.5 Å². The van der Waals surface area contributed by atoms with Crippen molar-refractivity contribution in [2.24, 2.45) is 0 Å². The molecule has 0 bridgehead atoms. The van der Waals surface area contributed by atoms with Crippen molar-refractivity contribution in [2.75, 3.05) is 4.72 Å².